The molecule has 1 aromatic carbocycles. The van der Waals surface area contributed by atoms with Crippen LogP contribution in [-0.4, -0.2) is 35.0 Å². The first-order chi connectivity index (χ1) is 12.3. The summed E-state index contributed by atoms with van der Waals surface area (Å²) in [4.78, 5) is 38.5. The van der Waals surface area contributed by atoms with Gasteiger partial charge < -0.3 is 14.8 Å². The standard InChI is InChI=1S/C17H17N3O6/c1-10(2)26-17(22)14-6-4-5-13(18-14)16(21)19-12-8-7-11(20(23)24)9-15(12)25-3/h4-10H,1-3H3,(H,19,21). The van der Waals surface area contributed by atoms with Crippen molar-refractivity contribution < 1.29 is 24.0 Å². The fourth-order valence-corrected chi connectivity index (χ4v) is 2.03. The summed E-state index contributed by atoms with van der Waals surface area (Å²) >= 11 is 0. The number of benzene rings is 1. The van der Waals surface area contributed by atoms with Crippen molar-refractivity contribution in [1.82, 2.24) is 4.98 Å². The van der Waals surface area contributed by atoms with Gasteiger partial charge in [0.25, 0.3) is 11.6 Å². The van der Waals surface area contributed by atoms with Gasteiger partial charge in [0.1, 0.15) is 17.1 Å². The number of aromatic nitrogens is 1. The van der Waals surface area contributed by atoms with E-state index in [1.165, 1.54) is 43.5 Å². The number of pyridine rings is 1. The molecule has 9 heteroatoms. The minimum Gasteiger partial charge on any atom is -0.494 e. The van der Waals surface area contributed by atoms with E-state index >= 15 is 0 Å². The smallest absolute Gasteiger partial charge is 0.357 e. The lowest BCUT2D eigenvalue weighted by atomic mass is 10.2. The number of carbonyl (C=O) groups excluding carboxylic acids is 2. The van der Waals surface area contributed by atoms with E-state index in [0.29, 0.717) is 0 Å². The van der Waals surface area contributed by atoms with Crippen LogP contribution in [0.3, 0.4) is 0 Å². The number of nitro groups is 1. The van der Waals surface area contributed by atoms with Crippen molar-refractivity contribution in [3.8, 4) is 5.75 Å². The molecule has 1 amide bonds. The summed E-state index contributed by atoms with van der Waals surface area (Å²) in [5, 5.41) is 13.4. The molecular weight excluding hydrogens is 342 g/mol. The number of methoxy groups -OCH3 is 1. The molecule has 2 rings (SSSR count). The van der Waals surface area contributed by atoms with Crippen LogP contribution in [0, 0.1) is 10.1 Å². The van der Waals surface area contributed by atoms with Crippen LogP contribution in [0.5, 0.6) is 5.75 Å². The topological polar surface area (TPSA) is 121 Å². The van der Waals surface area contributed by atoms with E-state index in [1.807, 2.05) is 0 Å². The molecule has 26 heavy (non-hydrogen) atoms. The molecule has 1 heterocycles. The van der Waals surface area contributed by atoms with Crippen LogP contribution < -0.4 is 10.1 Å². The van der Waals surface area contributed by atoms with E-state index in [-0.39, 0.29) is 34.6 Å². The molecule has 1 N–H and O–H groups in total. The van der Waals surface area contributed by atoms with E-state index < -0.39 is 16.8 Å². The van der Waals surface area contributed by atoms with Gasteiger partial charge in [-0.3, -0.25) is 14.9 Å². The number of hydrogen-bond acceptors (Lipinski definition) is 7. The van der Waals surface area contributed by atoms with Crippen LogP contribution in [0.4, 0.5) is 11.4 Å². The third-order valence-corrected chi connectivity index (χ3v) is 3.18. The van der Waals surface area contributed by atoms with E-state index in [4.69, 9.17) is 9.47 Å². The largest absolute Gasteiger partial charge is 0.494 e. The Morgan fingerprint density at radius 1 is 1.19 bits per heavy atom. The number of hydrogen-bond donors (Lipinski definition) is 1. The summed E-state index contributed by atoms with van der Waals surface area (Å²) < 4.78 is 10.1. The van der Waals surface area contributed by atoms with Gasteiger partial charge in [0, 0.05) is 6.07 Å². The lowest BCUT2D eigenvalue weighted by molar-refractivity contribution is -0.384. The highest BCUT2D eigenvalue weighted by molar-refractivity contribution is 6.04. The Labute approximate surface area is 149 Å². The first kappa shape index (κ1) is 18.8. The van der Waals surface area contributed by atoms with Crippen LogP contribution >= 0.6 is 0 Å². The second-order valence-electron chi connectivity index (χ2n) is 5.46. The monoisotopic (exact) mass is 359 g/mol. The van der Waals surface area contributed by atoms with Gasteiger partial charge in [0.05, 0.1) is 29.9 Å². The maximum Gasteiger partial charge on any atom is 0.357 e. The predicted octanol–water partition coefficient (Wildman–Crippen LogP) is 2.82. The molecule has 0 saturated heterocycles. The van der Waals surface area contributed by atoms with Crippen LogP contribution in [0.2, 0.25) is 0 Å². The van der Waals surface area contributed by atoms with Gasteiger partial charge in [-0.25, -0.2) is 9.78 Å². The number of nitro benzene ring substituents is 1. The Kier molecular flexibility index (Phi) is 5.84. The third-order valence-electron chi connectivity index (χ3n) is 3.18. The minimum atomic E-state index is -0.637. The Balaban J connectivity index is 2.23. The van der Waals surface area contributed by atoms with Crippen molar-refractivity contribution in [2.24, 2.45) is 0 Å². The van der Waals surface area contributed by atoms with Crippen molar-refractivity contribution in [2.75, 3.05) is 12.4 Å². The molecule has 0 bridgehead atoms. The maximum atomic E-state index is 12.4. The quantitative estimate of drug-likeness (QED) is 0.478. The SMILES string of the molecule is COc1cc([N+](=O)[O-])ccc1NC(=O)c1cccc(C(=O)OC(C)C)n1. The van der Waals surface area contributed by atoms with Crippen molar-refractivity contribution in [1.29, 1.82) is 0 Å². The first-order valence-electron chi connectivity index (χ1n) is 7.63. The maximum absolute atomic E-state index is 12.4. The van der Waals surface area contributed by atoms with Gasteiger partial charge in [-0.2, -0.15) is 0 Å². The Morgan fingerprint density at radius 3 is 2.50 bits per heavy atom. The number of non-ortho nitro benzene ring substituents is 1. The molecule has 0 unspecified atom stereocenters. The predicted molar refractivity (Wildman–Crippen MR) is 92.4 cm³/mol. The van der Waals surface area contributed by atoms with Crippen LogP contribution in [0.1, 0.15) is 34.8 Å². The van der Waals surface area contributed by atoms with Crippen molar-refractivity contribution in [2.45, 2.75) is 20.0 Å². The summed E-state index contributed by atoms with van der Waals surface area (Å²) in [5.74, 6) is -1.11. The van der Waals surface area contributed by atoms with Crippen LogP contribution in [0.25, 0.3) is 0 Å². The summed E-state index contributed by atoms with van der Waals surface area (Å²) in [7, 11) is 1.33. The molecule has 0 aliphatic carbocycles. The molecule has 0 aliphatic rings. The number of nitrogens with one attached hydrogen (secondary N) is 1. The third kappa shape index (κ3) is 4.53. The molecule has 0 fully saturated rings. The lowest BCUT2D eigenvalue weighted by Crippen LogP contribution is -2.18. The number of rotatable bonds is 6. The molecule has 1 aromatic heterocycles. The Morgan fingerprint density at radius 2 is 1.88 bits per heavy atom. The molecule has 2 aromatic rings. The van der Waals surface area contributed by atoms with Gasteiger partial charge >= 0.3 is 5.97 Å². The molecule has 0 saturated carbocycles. The Hall–Kier alpha value is -3.49. The van der Waals surface area contributed by atoms with Gasteiger partial charge in [-0.05, 0) is 32.0 Å². The zero-order valence-electron chi connectivity index (χ0n) is 14.4. The second-order valence-corrected chi connectivity index (χ2v) is 5.46. The number of ether oxygens (including phenoxy) is 2. The second kappa shape index (κ2) is 8.06. The molecule has 0 spiro atoms. The van der Waals surface area contributed by atoms with E-state index in [0.717, 1.165) is 0 Å². The Bertz CT molecular complexity index is 850. The number of carbonyl (C=O) groups is 2. The molecular formula is C17H17N3O6. The lowest BCUT2D eigenvalue weighted by Gasteiger charge is -2.10. The number of amides is 1. The van der Waals surface area contributed by atoms with Crippen LogP contribution in [0.15, 0.2) is 36.4 Å². The van der Waals surface area contributed by atoms with Crippen molar-refractivity contribution >= 4 is 23.3 Å². The molecule has 9 nitrogen and oxygen atoms in total. The van der Waals surface area contributed by atoms with Crippen molar-refractivity contribution in [3.05, 3.63) is 57.9 Å². The average molecular weight is 359 g/mol. The highest BCUT2D eigenvalue weighted by atomic mass is 16.6. The zero-order chi connectivity index (χ0) is 19.3. The van der Waals surface area contributed by atoms with Crippen LogP contribution in [-0.2, 0) is 4.74 Å². The van der Waals surface area contributed by atoms with Gasteiger partial charge in [-0.1, -0.05) is 6.07 Å². The van der Waals surface area contributed by atoms with E-state index in [1.54, 1.807) is 13.8 Å². The fourth-order valence-electron chi connectivity index (χ4n) is 2.03. The zero-order valence-corrected chi connectivity index (χ0v) is 14.4. The molecule has 136 valence electrons. The van der Waals surface area contributed by atoms with E-state index in [9.17, 15) is 19.7 Å². The summed E-state index contributed by atoms with van der Waals surface area (Å²) in [5.41, 5.74) is 0.0575. The van der Waals surface area contributed by atoms with Gasteiger partial charge in [-0.15, -0.1) is 0 Å². The molecule has 0 atom stereocenters. The van der Waals surface area contributed by atoms with E-state index in [2.05, 4.69) is 10.3 Å². The summed E-state index contributed by atoms with van der Waals surface area (Å²) in [6.45, 7) is 3.41. The van der Waals surface area contributed by atoms with Gasteiger partial charge in [0.15, 0.2) is 0 Å². The average Bonchev–Trinajstić information content (AvgIpc) is 2.61. The molecule has 0 aliphatic heterocycles. The minimum absolute atomic E-state index is 0.00187. The summed E-state index contributed by atoms with van der Waals surface area (Å²) in [6, 6.07) is 8.16. The number of nitrogens with zero attached hydrogens (tertiary/aromatic N) is 2. The first-order valence-corrected chi connectivity index (χ1v) is 7.63. The normalized spacial score (nSPS) is 10.3. The highest BCUT2D eigenvalue weighted by Gasteiger charge is 2.17. The number of esters is 1. The molecule has 0 radical (unpaired) electrons. The summed E-state index contributed by atoms with van der Waals surface area (Å²) in [6.07, 6.45) is -0.314. The fraction of sp³-hybridized carbons (Fsp3) is 0.235. The van der Waals surface area contributed by atoms with Crippen molar-refractivity contribution in [3.63, 3.8) is 0 Å². The highest BCUT2D eigenvalue weighted by Crippen LogP contribution is 2.29. The number of anilines is 1. The van der Waals surface area contributed by atoms with Gasteiger partial charge in [0.2, 0.25) is 0 Å².